The molecule has 0 saturated heterocycles. The van der Waals surface area contributed by atoms with Gasteiger partial charge in [0.2, 0.25) is 0 Å². The normalized spacial score (nSPS) is 14.4. The molecule has 2 aromatic rings. The quantitative estimate of drug-likeness (QED) is 0.160. The van der Waals surface area contributed by atoms with Crippen LogP contribution in [-0.2, 0) is 31.2 Å². The second-order valence-electron chi connectivity index (χ2n) is 8.24. The van der Waals surface area contributed by atoms with Crippen molar-refractivity contribution in [2.45, 2.75) is 56.6 Å². The number of nitrogens with zero attached hydrogens (tertiary/aromatic N) is 1. The summed E-state index contributed by atoms with van der Waals surface area (Å²) in [6, 6.07) is 13.6. The van der Waals surface area contributed by atoms with E-state index < -0.39 is 5.79 Å². The lowest BCUT2D eigenvalue weighted by molar-refractivity contribution is -0.209. The van der Waals surface area contributed by atoms with Gasteiger partial charge < -0.3 is 19.1 Å². The third-order valence-electron chi connectivity index (χ3n) is 6.07. The molecule has 6 nitrogen and oxygen atoms in total. The molecule has 1 aliphatic heterocycles. The first kappa shape index (κ1) is 26.3. The fourth-order valence-electron chi connectivity index (χ4n) is 4.21. The summed E-state index contributed by atoms with van der Waals surface area (Å²) in [5.74, 6) is -0.984. The molecule has 184 valence electrons. The van der Waals surface area contributed by atoms with Crippen LogP contribution in [0.15, 0.2) is 47.4 Å². The highest BCUT2D eigenvalue weighted by Gasteiger charge is 2.52. The second kappa shape index (κ2) is 12.4. The minimum Gasteiger partial charge on any atom is -0.462 e. The Morgan fingerprint density at radius 1 is 1.00 bits per heavy atom. The molecule has 1 aliphatic rings. The van der Waals surface area contributed by atoms with Crippen molar-refractivity contribution in [1.82, 2.24) is 0 Å². The van der Waals surface area contributed by atoms with Crippen LogP contribution in [0.5, 0.6) is 0 Å². The molecular formula is C27H35NO5S. The van der Waals surface area contributed by atoms with Gasteiger partial charge in [-0.2, -0.15) is 0 Å². The van der Waals surface area contributed by atoms with Crippen molar-refractivity contribution in [2.24, 2.45) is 0 Å². The summed E-state index contributed by atoms with van der Waals surface area (Å²) in [7, 11) is 3.04. The van der Waals surface area contributed by atoms with Gasteiger partial charge in [0.15, 0.2) is 0 Å². The van der Waals surface area contributed by atoms with Crippen LogP contribution in [0, 0.1) is 0 Å². The highest BCUT2D eigenvalue weighted by Crippen LogP contribution is 2.44. The lowest BCUT2D eigenvalue weighted by Crippen LogP contribution is -2.43. The van der Waals surface area contributed by atoms with E-state index in [9.17, 15) is 9.59 Å². The largest absolute Gasteiger partial charge is 0.462 e. The Labute approximate surface area is 207 Å². The summed E-state index contributed by atoms with van der Waals surface area (Å²) < 4.78 is 16.4. The van der Waals surface area contributed by atoms with Crippen LogP contribution < -0.4 is 4.90 Å². The van der Waals surface area contributed by atoms with Crippen LogP contribution in [-0.4, -0.2) is 45.0 Å². The van der Waals surface area contributed by atoms with Crippen LogP contribution in [0.25, 0.3) is 0 Å². The Balaban J connectivity index is 1.68. The molecule has 0 N–H and O–H groups in total. The fraction of sp³-hybridized carbons (Fsp3) is 0.481. The SMILES string of the molecule is CCCCCCN1C(=O)C(OC)(OC)c2cc(SCCc3ccc(C(=O)OCC)cc3)ccc21. The van der Waals surface area contributed by atoms with E-state index in [-0.39, 0.29) is 11.9 Å². The fourth-order valence-corrected chi connectivity index (χ4v) is 5.15. The number of carbonyl (C=O) groups excluding carboxylic acids is 2. The van der Waals surface area contributed by atoms with Crippen molar-refractivity contribution in [2.75, 3.05) is 38.0 Å². The molecule has 0 saturated carbocycles. The predicted molar refractivity (Wildman–Crippen MR) is 135 cm³/mol. The third-order valence-corrected chi connectivity index (χ3v) is 7.07. The molecule has 0 radical (unpaired) electrons. The van der Waals surface area contributed by atoms with E-state index in [1.54, 1.807) is 35.7 Å². The predicted octanol–water partition coefficient (Wildman–Crippen LogP) is 5.57. The van der Waals surface area contributed by atoms with E-state index in [1.165, 1.54) is 14.2 Å². The molecule has 0 atom stereocenters. The summed E-state index contributed by atoms with van der Waals surface area (Å²) in [6.07, 6.45) is 5.22. The maximum absolute atomic E-state index is 13.3. The Morgan fingerprint density at radius 3 is 2.38 bits per heavy atom. The number of aryl methyl sites for hydroxylation is 1. The van der Waals surface area contributed by atoms with E-state index in [0.29, 0.717) is 18.7 Å². The first-order valence-corrected chi connectivity index (χ1v) is 12.9. The zero-order valence-corrected chi connectivity index (χ0v) is 21.4. The molecule has 0 aromatic heterocycles. The lowest BCUT2D eigenvalue weighted by Gasteiger charge is -2.25. The van der Waals surface area contributed by atoms with Gasteiger partial charge in [-0.15, -0.1) is 11.8 Å². The van der Waals surface area contributed by atoms with Gasteiger partial charge in [-0.05, 0) is 55.7 Å². The first-order valence-electron chi connectivity index (χ1n) is 12.0. The number of thioether (sulfide) groups is 1. The minimum absolute atomic E-state index is 0.159. The smallest absolute Gasteiger partial charge is 0.338 e. The maximum atomic E-state index is 13.3. The zero-order valence-electron chi connectivity index (χ0n) is 20.6. The average molecular weight is 486 g/mol. The second-order valence-corrected chi connectivity index (χ2v) is 9.41. The molecule has 7 heteroatoms. The summed E-state index contributed by atoms with van der Waals surface area (Å²) in [6.45, 7) is 5.00. The number of unbranched alkanes of at least 4 members (excludes halogenated alkanes) is 3. The number of carbonyl (C=O) groups is 2. The molecule has 0 fully saturated rings. The monoisotopic (exact) mass is 485 g/mol. The minimum atomic E-state index is -1.39. The Morgan fingerprint density at radius 2 is 1.74 bits per heavy atom. The lowest BCUT2D eigenvalue weighted by atomic mass is 10.1. The number of anilines is 1. The van der Waals surface area contributed by atoms with Gasteiger partial charge in [0.1, 0.15) is 0 Å². The highest BCUT2D eigenvalue weighted by molar-refractivity contribution is 7.99. The van der Waals surface area contributed by atoms with Gasteiger partial charge in [0.25, 0.3) is 11.7 Å². The molecule has 0 bridgehead atoms. The summed E-state index contributed by atoms with van der Waals surface area (Å²) in [4.78, 5) is 27.9. The number of methoxy groups -OCH3 is 2. The third kappa shape index (κ3) is 5.65. The van der Waals surface area contributed by atoms with Gasteiger partial charge in [-0.25, -0.2) is 4.79 Å². The van der Waals surface area contributed by atoms with Crippen LogP contribution in [0.1, 0.15) is 61.0 Å². The molecule has 3 rings (SSSR count). The number of benzene rings is 2. The molecular weight excluding hydrogens is 450 g/mol. The Bertz CT molecular complexity index is 971. The molecule has 1 amide bonds. The summed E-state index contributed by atoms with van der Waals surface area (Å²) in [5.41, 5.74) is 3.35. The molecule has 0 aliphatic carbocycles. The molecule has 1 heterocycles. The van der Waals surface area contributed by atoms with Crippen LogP contribution in [0.4, 0.5) is 5.69 Å². The zero-order chi connectivity index (χ0) is 24.6. The van der Waals surface area contributed by atoms with Crippen molar-refractivity contribution in [3.8, 4) is 0 Å². The van der Waals surface area contributed by atoms with Crippen LogP contribution in [0.3, 0.4) is 0 Å². The average Bonchev–Trinajstić information content (AvgIpc) is 3.09. The Kier molecular flexibility index (Phi) is 9.56. The number of hydrogen-bond acceptors (Lipinski definition) is 6. The molecule has 0 unspecified atom stereocenters. The number of amides is 1. The number of fused-ring (bicyclic) bond motifs is 1. The number of ether oxygens (including phenoxy) is 3. The summed E-state index contributed by atoms with van der Waals surface area (Å²) >= 11 is 1.72. The Hall–Kier alpha value is -2.35. The van der Waals surface area contributed by atoms with Crippen molar-refractivity contribution in [3.63, 3.8) is 0 Å². The number of rotatable bonds is 13. The maximum Gasteiger partial charge on any atom is 0.338 e. The van der Waals surface area contributed by atoms with Crippen molar-refractivity contribution in [1.29, 1.82) is 0 Å². The van der Waals surface area contributed by atoms with Gasteiger partial charge in [-0.1, -0.05) is 38.3 Å². The first-order chi connectivity index (χ1) is 16.5. The highest BCUT2D eigenvalue weighted by atomic mass is 32.2. The standard InChI is InChI=1S/C27H35NO5S/c1-5-7-8-9-17-28-24-15-14-22(19-23(24)27(31-3,32-4)26(28)30)34-18-16-20-10-12-21(13-11-20)25(29)33-6-2/h10-15,19H,5-9,16-18H2,1-4H3. The van der Waals surface area contributed by atoms with Gasteiger partial charge in [0.05, 0.1) is 17.9 Å². The van der Waals surface area contributed by atoms with Crippen molar-refractivity contribution in [3.05, 3.63) is 59.2 Å². The number of esters is 1. The van der Waals surface area contributed by atoms with Crippen LogP contribution >= 0.6 is 11.8 Å². The molecule has 0 spiro atoms. The summed E-state index contributed by atoms with van der Waals surface area (Å²) in [5, 5.41) is 0. The van der Waals surface area contributed by atoms with Crippen molar-refractivity contribution >= 4 is 29.3 Å². The van der Waals surface area contributed by atoms with Crippen molar-refractivity contribution < 1.29 is 23.8 Å². The van der Waals surface area contributed by atoms with Gasteiger partial charge >= 0.3 is 5.97 Å². The van der Waals surface area contributed by atoms with E-state index >= 15 is 0 Å². The van der Waals surface area contributed by atoms with E-state index in [4.69, 9.17) is 14.2 Å². The van der Waals surface area contributed by atoms with Gasteiger partial charge in [-0.3, -0.25) is 4.79 Å². The topological polar surface area (TPSA) is 65.1 Å². The molecule has 34 heavy (non-hydrogen) atoms. The van der Waals surface area contributed by atoms with E-state index in [1.807, 2.05) is 24.3 Å². The van der Waals surface area contributed by atoms with E-state index in [2.05, 4.69) is 13.0 Å². The van der Waals surface area contributed by atoms with E-state index in [0.717, 1.165) is 59.6 Å². The van der Waals surface area contributed by atoms with Crippen LogP contribution in [0.2, 0.25) is 0 Å². The van der Waals surface area contributed by atoms with Gasteiger partial charge in [0, 0.05) is 37.0 Å². The molecule has 2 aromatic carbocycles. The number of hydrogen-bond donors (Lipinski definition) is 0.